The Balaban J connectivity index is 1.72. The smallest absolute Gasteiger partial charge is 0.361 e. The second-order valence-electron chi connectivity index (χ2n) is 8.45. The summed E-state index contributed by atoms with van der Waals surface area (Å²) in [6, 6.07) is 10.9. The lowest BCUT2D eigenvalue weighted by atomic mass is 9.95. The summed E-state index contributed by atoms with van der Waals surface area (Å²) < 4.78 is 42.2. The summed E-state index contributed by atoms with van der Waals surface area (Å²) in [6.45, 7) is 3.93. The molecule has 2 aromatic heterocycles. The topological polar surface area (TPSA) is 78.9 Å². The summed E-state index contributed by atoms with van der Waals surface area (Å²) in [5.41, 5.74) is 1.78. The first-order valence-electron chi connectivity index (χ1n) is 11.4. The molecule has 6 nitrogen and oxygen atoms in total. The number of hydrogen-bond donors (Lipinski definition) is 3. The first-order valence-corrected chi connectivity index (χ1v) is 11.4. The predicted molar refractivity (Wildman–Crippen MR) is 128 cm³/mol. The quantitative estimate of drug-likeness (QED) is 0.265. The van der Waals surface area contributed by atoms with E-state index in [1.54, 1.807) is 17.0 Å². The van der Waals surface area contributed by atoms with E-state index < -0.39 is 23.6 Å². The van der Waals surface area contributed by atoms with Gasteiger partial charge in [-0.25, -0.2) is 0 Å². The van der Waals surface area contributed by atoms with Gasteiger partial charge in [0.15, 0.2) is 0 Å². The van der Waals surface area contributed by atoms with Crippen molar-refractivity contribution in [3.05, 3.63) is 71.5 Å². The Morgan fingerprint density at radius 1 is 0.971 bits per heavy atom. The summed E-state index contributed by atoms with van der Waals surface area (Å²) in [5, 5.41) is 6.84. The second kappa shape index (κ2) is 8.74. The number of carbonyl (C=O) groups is 2. The standard InChI is InChI=1S/C26H23F3N4O2/c1-2-30-10-5-11-33-14-19(17-9-8-15(12-21(17)33)26(27,28)29)23-22(24(34)32-25(23)35)18-13-31-20-7-4-3-6-16(18)20/h3-4,6-9,12-14,30-31H,2,5,10-11H2,1H3,(H,32,34,35). The number of fused-ring (bicyclic) bond motifs is 2. The SMILES string of the molecule is CCNCCCn1cc(C2=C(c3c[nH]c4ccccc34)C(=O)NC2=O)c2ccc(C(F)(F)F)cc21. The van der Waals surface area contributed by atoms with Gasteiger partial charge in [-0.05, 0) is 37.7 Å². The summed E-state index contributed by atoms with van der Waals surface area (Å²) >= 11 is 0. The Bertz CT molecular complexity index is 1490. The number of aromatic nitrogens is 2. The number of para-hydroxylation sites is 1. The van der Waals surface area contributed by atoms with E-state index in [-0.39, 0.29) is 11.1 Å². The lowest BCUT2D eigenvalue weighted by Crippen LogP contribution is -2.22. The van der Waals surface area contributed by atoms with Crippen molar-refractivity contribution in [3.63, 3.8) is 0 Å². The molecule has 5 rings (SSSR count). The second-order valence-corrected chi connectivity index (χ2v) is 8.45. The average Bonchev–Trinajstić information content (AvgIpc) is 3.48. The van der Waals surface area contributed by atoms with Crippen molar-refractivity contribution < 1.29 is 22.8 Å². The number of hydrogen-bond acceptors (Lipinski definition) is 3. The number of H-pyrrole nitrogens is 1. The molecule has 0 radical (unpaired) electrons. The highest BCUT2D eigenvalue weighted by Crippen LogP contribution is 2.40. The van der Waals surface area contributed by atoms with Crippen LogP contribution in [0.15, 0.2) is 54.9 Å². The van der Waals surface area contributed by atoms with Gasteiger partial charge in [0.05, 0.1) is 16.7 Å². The maximum Gasteiger partial charge on any atom is 0.416 e. The third-order valence-corrected chi connectivity index (χ3v) is 6.27. The fourth-order valence-electron chi connectivity index (χ4n) is 4.65. The van der Waals surface area contributed by atoms with E-state index in [1.807, 2.05) is 31.2 Å². The molecule has 0 saturated carbocycles. The van der Waals surface area contributed by atoms with Crippen LogP contribution in [0.3, 0.4) is 0 Å². The molecule has 0 unspecified atom stereocenters. The molecular formula is C26H23F3N4O2. The van der Waals surface area contributed by atoms with Crippen molar-refractivity contribution in [2.75, 3.05) is 13.1 Å². The van der Waals surface area contributed by atoms with Crippen LogP contribution in [0.1, 0.15) is 30.0 Å². The lowest BCUT2D eigenvalue weighted by molar-refractivity contribution is -0.137. The fraction of sp³-hybridized carbons (Fsp3) is 0.231. The molecule has 180 valence electrons. The van der Waals surface area contributed by atoms with Crippen molar-refractivity contribution in [2.24, 2.45) is 0 Å². The third kappa shape index (κ3) is 4.01. The minimum Gasteiger partial charge on any atom is -0.361 e. The molecular weight excluding hydrogens is 457 g/mol. The zero-order valence-corrected chi connectivity index (χ0v) is 18.9. The maximum atomic E-state index is 13.5. The van der Waals surface area contributed by atoms with Crippen molar-refractivity contribution in [1.82, 2.24) is 20.2 Å². The van der Waals surface area contributed by atoms with E-state index in [1.165, 1.54) is 6.07 Å². The normalized spacial score (nSPS) is 14.5. The van der Waals surface area contributed by atoms with Gasteiger partial charge in [-0.1, -0.05) is 31.2 Å². The predicted octanol–water partition coefficient (Wildman–Crippen LogP) is 4.71. The van der Waals surface area contributed by atoms with E-state index in [4.69, 9.17) is 0 Å². The Kier molecular flexibility index (Phi) is 5.72. The van der Waals surface area contributed by atoms with Gasteiger partial charge in [-0.3, -0.25) is 14.9 Å². The Hall–Kier alpha value is -3.85. The molecule has 1 aliphatic rings. The summed E-state index contributed by atoms with van der Waals surface area (Å²) in [4.78, 5) is 29.0. The number of benzene rings is 2. The van der Waals surface area contributed by atoms with Crippen molar-refractivity contribution in [2.45, 2.75) is 26.1 Å². The minimum atomic E-state index is -4.50. The molecule has 3 heterocycles. The number of nitrogens with zero attached hydrogens (tertiary/aromatic N) is 1. The zero-order chi connectivity index (χ0) is 24.7. The molecule has 2 amide bonds. The van der Waals surface area contributed by atoms with Crippen LogP contribution >= 0.6 is 0 Å². The Morgan fingerprint density at radius 2 is 1.71 bits per heavy atom. The fourth-order valence-corrected chi connectivity index (χ4v) is 4.65. The van der Waals surface area contributed by atoms with Crippen molar-refractivity contribution in [3.8, 4) is 0 Å². The molecule has 4 aromatic rings. The van der Waals surface area contributed by atoms with Crippen LogP contribution in [0.2, 0.25) is 0 Å². The van der Waals surface area contributed by atoms with Crippen LogP contribution in [-0.4, -0.2) is 34.5 Å². The molecule has 35 heavy (non-hydrogen) atoms. The Morgan fingerprint density at radius 3 is 2.46 bits per heavy atom. The van der Waals surface area contributed by atoms with Gasteiger partial charge >= 0.3 is 6.18 Å². The molecule has 0 bridgehead atoms. The van der Waals surface area contributed by atoms with Gasteiger partial charge in [0.2, 0.25) is 0 Å². The number of nitrogens with one attached hydrogen (secondary N) is 3. The number of halogens is 3. The highest BCUT2D eigenvalue weighted by molar-refractivity contribution is 6.50. The van der Waals surface area contributed by atoms with E-state index in [0.29, 0.717) is 41.5 Å². The number of imide groups is 1. The van der Waals surface area contributed by atoms with E-state index in [0.717, 1.165) is 29.6 Å². The number of rotatable bonds is 7. The number of aromatic amines is 1. The molecule has 0 spiro atoms. The summed E-state index contributed by atoms with van der Waals surface area (Å²) in [7, 11) is 0. The number of aryl methyl sites for hydroxylation is 1. The van der Waals surface area contributed by atoms with Gasteiger partial charge < -0.3 is 14.9 Å². The largest absolute Gasteiger partial charge is 0.416 e. The number of alkyl halides is 3. The summed E-state index contributed by atoms with van der Waals surface area (Å²) in [5.74, 6) is -1.10. The van der Waals surface area contributed by atoms with E-state index in [9.17, 15) is 22.8 Å². The van der Waals surface area contributed by atoms with Gasteiger partial charge in [-0.2, -0.15) is 13.2 Å². The van der Waals surface area contributed by atoms with Crippen LogP contribution in [0.4, 0.5) is 13.2 Å². The molecule has 0 atom stereocenters. The molecule has 0 fully saturated rings. The Labute approximate surface area is 198 Å². The van der Waals surface area contributed by atoms with Gasteiger partial charge in [0, 0.05) is 51.9 Å². The summed E-state index contributed by atoms with van der Waals surface area (Å²) in [6.07, 6.45) is -0.455. The molecule has 0 aliphatic carbocycles. The maximum absolute atomic E-state index is 13.5. The minimum absolute atomic E-state index is 0.162. The highest BCUT2D eigenvalue weighted by atomic mass is 19.4. The third-order valence-electron chi connectivity index (χ3n) is 6.27. The van der Waals surface area contributed by atoms with Crippen LogP contribution in [0, 0.1) is 0 Å². The van der Waals surface area contributed by atoms with Gasteiger partial charge in [0.25, 0.3) is 11.8 Å². The van der Waals surface area contributed by atoms with Crippen LogP contribution in [0.25, 0.3) is 33.0 Å². The van der Waals surface area contributed by atoms with Crippen LogP contribution in [-0.2, 0) is 22.3 Å². The van der Waals surface area contributed by atoms with Crippen molar-refractivity contribution >= 4 is 44.8 Å². The van der Waals surface area contributed by atoms with Gasteiger partial charge in [0.1, 0.15) is 0 Å². The number of amides is 2. The van der Waals surface area contributed by atoms with E-state index >= 15 is 0 Å². The molecule has 9 heteroatoms. The molecule has 2 aromatic carbocycles. The molecule has 1 aliphatic heterocycles. The lowest BCUT2D eigenvalue weighted by Gasteiger charge is -2.09. The van der Waals surface area contributed by atoms with Crippen LogP contribution < -0.4 is 10.6 Å². The van der Waals surface area contributed by atoms with Crippen LogP contribution in [0.5, 0.6) is 0 Å². The van der Waals surface area contributed by atoms with Gasteiger partial charge in [-0.15, -0.1) is 0 Å². The van der Waals surface area contributed by atoms with E-state index in [2.05, 4.69) is 15.6 Å². The van der Waals surface area contributed by atoms with Crippen molar-refractivity contribution in [1.29, 1.82) is 0 Å². The zero-order valence-electron chi connectivity index (χ0n) is 18.9. The average molecular weight is 480 g/mol. The molecule has 0 saturated heterocycles. The monoisotopic (exact) mass is 480 g/mol. The highest BCUT2D eigenvalue weighted by Gasteiger charge is 2.36. The first-order chi connectivity index (χ1) is 16.8. The number of carbonyl (C=O) groups excluding carboxylic acids is 2. The molecule has 3 N–H and O–H groups in total. The first kappa shape index (κ1) is 22.9.